The summed E-state index contributed by atoms with van der Waals surface area (Å²) < 4.78 is 5.11. The van der Waals surface area contributed by atoms with Crippen LogP contribution in [-0.4, -0.2) is 33.8 Å². The largest absolute Gasteiger partial charge is 0.497 e. The zero-order valence-corrected chi connectivity index (χ0v) is 10.2. The van der Waals surface area contributed by atoms with Gasteiger partial charge in [-0.2, -0.15) is 0 Å². The molecule has 0 amide bonds. The van der Waals surface area contributed by atoms with Gasteiger partial charge in [-0.05, 0) is 18.4 Å². The molecule has 0 fully saturated rings. The van der Waals surface area contributed by atoms with Crippen LogP contribution in [0.2, 0.25) is 0 Å². The minimum Gasteiger partial charge on any atom is -0.497 e. The molecule has 6 nitrogen and oxygen atoms in total. The fraction of sp³-hybridized carbons (Fsp3) is 0.200. The number of hydrogen-bond acceptors (Lipinski definition) is 7. The Balaban J connectivity index is 2.13. The first-order chi connectivity index (χ1) is 8.31. The number of rotatable bonds is 4. The fourth-order valence-corrected chi connectivity index (χ4v) is 1.43. The number of benzene rings is 1. The van der Waals surface area contributed by atoms with Gasteiger partial charge in [0.25, 0.3) is 5.95 Å². The van der Waals surface area contributed by atoms with E-state index in [0.717, 1.165) is 11.4 Å². The second-order valence-electron chi connectivity index (χ2n) is 3.07. The number of nitrogens with one attached hydrogen (secondary N) is 1. The Labute approximate surface area is 103 Å². The summed E-state index contributed by atoms with van der Waals surface area (Å²) in [6.07, 6.45) is 1.87. The van der Waals surface area contributed by atoms with E-state index in [4.69, 9.17) is 4.74 Å². The van der Waals surface area contributed by atoms with Crippen molar-refractivity contribution in [2.24, 2.45) is 0 Å². The molecule has 7 heteroatoms. The van der Waals surface area contributed by atoms with Gasteiger partial charge in [0.2, 0.25) is 5.16 Å². The third kappa shape index (κ3) is 3.04. The monoisotopic (exact) mass is 249 g/mol. The Kier molecular flexibility index (Phi) is 3.71. The smallest absolute Gasteiger partial charge is 0.266 e. The molecule has 0 saturated carbocycles. The number of methoxy groups -OCH3 is 1. The van der Waals surface area contributed by atoms with Gasteiger partial charge in [-0.1, -0.05) is 17.8 Å². The maximum Gasteiger partial charge on any atom is 0.266 e. The van der Waals surface area contributed by atoms with E-state index in [9.17, 15) is 0 Å². The molecule has 0 aliphatic carbocycles. The molecule has 0 radical (unpaired) electrons. The molecule has 0 saturated heterocycles. The molecular weight excluding hydrogens is 238 g/mol. The van der Waals surface area contributed by atoms with Crippen LogP contribution in [0.4, 0.5) is 11.6 Å². The first-order valence-corrected chi connectivity index (χ1v) is 6.07. The standard InChI is InChI=1S/C10H11N5OS/c1-16-8-5-3-4-7(6-8)11-9-12-14-10(17-2)15-13-9/h3-6H,1-2H3,(H,11,12,13). The maximum atomic E-state index is 5.11. The zero-order chi connectivity index (χ0) is 12.1. The summed E-state index contributed by atoms with van der Waals surface area (Å²) in [4.78, 5) is 0. The molecule has 0 aliphatic heterocycles. The van der Waals surface area contributed by atoms with Crippen molar-refractivity contribution < 1.29 is 4.74 Å². The third-order valence-electron chi connectivity index (χ3n) is 1.97. The molecule has 0 aliphatic rings. The molecule has 0 unspecified atom stereocenters. The van der Waals surface area contributed by atoms with Crippen molar-refractivity contribution in [3.63, 3.8) is 0 Å². The Morgan fingerprint density at radius 1 is 1.18 bits per heavy atom. The van der Waals surface area contributed by atoms with Gasteiger partial charge >= 0.3 is 0 Å². The lowest BCUT2D eigenvalue weighted by molar-refractivity contribution is 0.415. The summed E-state index contributed by atoms with van der Waals surface area (Å²) in [5.41, 5.74) is 0.824. The second kappa shape index (κ2) is 5.44. The number of ether oxygens (including phenoxy) is 1. The van der Waals surface area contributed by atoms with Gasteiger partial charge < -0.3 is 10.1 Å². The van der Waals surface area contributed by atoms with Crippen molar-refractivity contribution in [2.75, 3.05) is 18.7 Å². The average Bonchev–Trinajstić information content (AvgIpc) is 2.40. The second-order valence-corrected chi connectivity index (χ2v) is 3.84. The molecule has 1 aromatic heterocycles. The van der Waals surface area contributed by atoms with Crippen molar-refractivity contribution in [1.29, 1.82) is 0 Å². The number of nitrogens with zero attached hydrogens (tertiary/aromatic N) is 4. The SMILES string of the molecule is COc1cccc(Nc2nnc(SC)nn2)c1. The quantitative estimate of drug-likeness (QED) is 0.827. The van der Waals surface area contributed by atoms with Crippen LogP contribution in [0.3, 0.4) is 0 Å². The highest BCUT2D eigenvalue weighted by Crippen LogP contribution is 2.18. The van der Waals surface area contributed by atoms with Crippen molar-refractivity contribution in [3.05, 3.63) is 24.3 Å². The minimum absolute atomic E-state index is 0.357. The topological polar surface area (TPSA) is 72.8 Å². The van der Waals surface area contributed by atoms with Gasteiger partial charge in [-0.25, -0.2) is 0 Å². The number of aromatic nitrogens is 4. The average molecular weight is 249 g/mol. The van der Waals surface area contributed by atoms with Crippen LogP contribution in [0.15, 0.2) is 29.4 Å². The van der Waals surface area contributed by atoms with Crippen LogP contribution in [0.1, 0.15) is 0 Å². The number of hydrogen-bond donors (Lipinski definition) is 1. The Bertz CT molecular complexity index is 490. The Morgan fingerprint density at radius 3 is 2.59 bits per heavy atom. The molecule has 2 aromatic rings. The summed E-state index contributed by atoms with van der Waals surface area (Å²) in [6, 6.07) is 7.46. The highest BCUT2D eigenvalue weighted by atomic mass is 32.2. The van der Waals surface area contributed by atoms with Crippen LogP contribution in [-0.2, 0) is 0 Å². The highest BCUT2D eigenvalue weighted by Gasteiger charge is 2.01. The Hall–Kier alpha value is -1.89. The van der Waals surface area contributed by atoms with Crippen LogP contribution >= 0.6 is 11.8 Å². The van der Waals surface area contributed by atoms with Gasteiger partial charge in [0.1, 0.15) is 5.75 Å². The van der Waals surface area contributed by atoms with E-state index in [1.807, 2.05) is 30.5 Å². The molecule has 88 valence electrons. The summed E-state index contributed by atoms with van der Waals surface area (Å²) in [7, 11) is 1.62. The molecule has 1 heterocycles. The summed E-state index contributed by atoms with van der Waals surface area (Å²) in [6.45, 7) is 0. The Morgan fingerprint density at radius 2 is 1.94 bits per heavy atom. The van der Waals surface area contributed by atoms with Crippen LogP contribution in [0.25, 0.3) is 0 Å². The predicted molar refractivity (Wildman–Crippen MR) is 65.7 cm³/mol. The lowest BCUT2D eigenvalue weighted by Gasteiger charge is -2.05. The normalized spacial score (nSPS) is 10.0. The third-order valence-corrected chi connectivity index (χ3v) is 2.50. The van der Waals surface area contributed by atoms with E-state index in [1.54, 1.807) is 7.11 Å². The van der Waals surface area contributed by atoms with Crippen LogP contribution in [0, 0.1) is 0 Å². The lowest BCUT2D eigenvalue weighted by atomic mass is 10.3. The van der Waals surface area contributed by atoms with Crippen molar-refractivity contribution >= 4 is 23.4 Å². The first kappa shape index (κ1) is 11.6. The summed E-state index contributed by atoms with van der Waals surface area (Å²) >= 11 is 1.39. The molecule has 0 atom stereocenters. The van der Waals surface area contributed by atoms with E-state index < -0.39 is 0 Å². The number of anilines is 2. The van der Waals surface area contributed by atoms with Gasteiger partial charge in [-0.15, -0.1) is 20.4 Å². The van der Waals surface area contributed by atoms with Crippen molar-refractivity contribution in [3.8, 4) is 5.75 Å². The van der Waals surface area contributed by atoms with Crippen molar-refractivity contribution in [1.82, 2.24) is 20.4 Å². The lowest BCUT2D eigenvalue weighted by Crippen LogP contribution is -2.02. The molecule has 1 N–H and O–H groups in total. The predicted octanol–water partition coefficient (Wildman–Crippen LogP) is 1.74. The molecule has 17 heavy (non-hydrogen) atoms. The van der Waals surface area contributed by atoms with Gasteiger partial charge in [0.05, 0.1) is 7.11 Å². The van der Waals surface area contributed by atoms with E-state index in [2.05, 4.69) is 25.7 Å². The fourth-order valence-electron chi connectivity index (χ4n) is 1.18. The van der Waals surface area contributed by atoms with Crippen LogP contribution < -0.4 is 10.1 Å². The number of thioether (sulfide) groups is 1. The van der Waals surface area contributed by atoms with E-state index >= 15 is 0 Å². The summed E-state index contributed by atoms with van der Waals surface area (Å²) in [5, 5.41) is 19.1. The van der Waals surface area contributed by atoms with Gasteiger partial charge in [0, 0.05) is 11.8 Å². The van der Waals surface area contributed by atoms with E-state index in [0.29, 0.717) is 11.1 Å². The minimum atomic E-state index is 0.357. The maximum absolute atomic E-state index is 5.11. The van der Waals surface area contributed by atoms with E-state index in [-0.39, 0.29) is 0 Å². The molecule has 0 bridgehead atoms. The summed E-state index contributed by atoms with van der Waals surface area (Å²) in [5.74, 6) is 1.12. The molecule has 2 rings (SSSR count). The molecule has 1 aromatic carbocycles. The molecule has 0 spiro atoms. The van der Waals surface area contributed by atoms with Gasteiger partial charge in [-0.3, -0.25) is 0 Å². The first-order valence-electron chi connectivity index (χ1n) is 4.84. The van der Waals surface area contributed by atoms with E-state index in [1.165, 1.54) is 11.8 Å². The molecular formula is C10H11N5OS. The van der Waals surface area contributed by atoms with Gasteiger partial charge in [0.15, 0.2) is 0 Å². The van der Waals surface area contributed by atoms with Crippen molar-refractivity contribution in [2.45, 2.75) is 5.16 Å². The van der Waals surface area contributed by atoms with Crippen LogP contribution in [0.5, 0.6) is 5.75 Å². The highest BCUT2D eigenvalue weighted by molar-refractivity contribution is 7.98. The zero-order valence-electron chi connectivity index (χ0n) is 9.41.